The molecule has 1 aliphatic heterocycles. The zero-order valence-corrected chi connectivity index (χ0v) is 14.1. The molecule has 0 N–H and O–H groups in total. The van der Waals surface area contributed by atoms with Gasteiger partial charge in [0.15, 0.2) is 0 Å². The summed E-state index contributed by atoms with van der Waals surface area (Å²) in [6.07, 6.45) is 3.36. The Morgan fingerprint density at radius 1 is 1.25 bits per heavy atom. The average Bonchev–Trinajstić information content (AvgIpc) is 2.44. The maximum Gasteiger partial charge on any atom is 0.502 e. The van der Waals surface area contributed by atoms with Crippen LogP contribution in [0.5, 0.6) is 0 Å². The predicted molar refractivity (Wildman–Crippen MR) is 76.5 cm³/mol. The minimum Gasteiger partial charge on any atom is -0.377 e. The zero-order chi connectivity index (χ0) is 14.8. The van der Waals surface area contributed by atoms with E-state index in [0.29, 0.717) is 12.7 Å². The first kappa shape index (κ1) is 18.0. The number of hydrogen-bond acceptors (Lipinski definition) is 6. The van der Waals surface area contributed by atoms with Gasteiger partial charge in [-0.2, -0.15) is 0 Å². The van der Waals surface area contributed by atoms with Gasteiger partial charge < -0.3 is 27.5 Å². The van der Waals surface area contributed by atoms with E-state index in [1.165, 1.54) is 0 Å². The van der Waals surface area contributed by atoms with E-state index in [0.717, 1.165) is 25.9 Å². The maximum atomic E-state index is 5.88. The van der Waals surface area contributed by atoms with Gasteiger partial charge >= 0.3 is 8.80 Å². The lowest BCUT2D eigenvalue weighted by molar-refractivity contribution is -0.110. The molecule has 7 heteroatoms. The van der Waals surface area contributed by atoms with Gasteiger partial charge in [0.05, 0.1) is 18.8 Å². The number of hydrogen-bond donors (Lipinski definition) is 0. The van der Waals surface area contributed by atoms with Crippen molar-refractivity contribution in [2.24, 2.45) is 0 Å². The van der Waals surface area contributed by atoms with Crippen molar-refractivity contribution in [2.45, 2.75) is 44.4 Å². The monoisotopic (exact) mass is 308 g/mol. The molecule has 6 nitrogen and oxygen atoms in total. The predicted octanol–water partition coefficient (Wildman–Crippen LogP) is 1.81. The topological polar surface area (TPSA) is 55.4 Å². The minimum absolute atomic E-state index is 0.182. The lowest BCUT2D eigenvalue weighted by Gasteiger charge is -2.30. The van der Waals surface area contributed by atoms with E-state index >= 15 is 0 Å². The van der Waals surface area contributed by atoms with E-state index in [2.05, 4.69) is 6.92 Å². The third-order valence-electron chi connectivity index (χ3n) is 3.56. The summed E-state index contributed by atoms with van der Waals surface area (Å²) in [5, 5.41) is 0. The van der Waals surface area contributed by atoms with Crippen LogP contribution in [0.2, 0.25) is 6.04 Å². The van der Waals surface area contributed by atoms with Gasteiger partial charge in [-0.25, -0.2) is 0 Å². The summed E-state index contributed by atoms with van der Waals surface area (Å²) < 4.78 is 32.8. The van der Waals surface area contributed by atoms with Crippen LogP contribution in [0.15, 0.2) is 0 Å². The molecule has 0 aliphatic carbocycles. The number of methoxy groups -OCH3 is 1. The van der Waals surface area contributed by atoms with Gasteiger partial charge in [-0.3, -0.25) is 0 Å². The molecule has 1 heterocycles. The van der Waals surface area contributed by atoms with Gasteiger partial charge in [0.25, 0.3) is 0 Å². The van der Waals surface area contributed by atoms with Crippen LogP contribution < -0.4 is 0 Å². The van der Waals surface area contributed by atoms with Gasteiger partial charge in [-0.15, -0.1) is 0 Å². The van der Waals surface area contributed by atoms with Gasteiger partial charge in [0, 0.05) is 34.0 Å². The third-order valence-corrected chi connectivity index (χ3v) is 6.26. The molecule has 1 fully saturated rings. The second-order valence-corrected chi connectivity index (χ2v) is 7.80. The summed E-state index contributed by atoms with van der Waals surface area (Å²) in [5.74, 6) is 0. The van der Waals surface area contributed by atoms with Gasteiger partial charge in [0.1, 0.15) is 6.79 Å². The van der Waals surface area contributed by atoms with E-state index in [4.69, 9.17) is 27.5 Å². The molecule has 0 radical (unpaired) electrons. The second-order valence-electron chi connectivity index (χ2n) is 4.83. The van der Waals surface area contributed by atoms with E-state index in [-0.39, 0.29) is 19.0 Å². The van der Waals surface area contributed by atoms with Crippen molar-refractivity contribution in [2.75, 3.05) is 41.3 Å². The van der Waals surface area contributed by atoms with E-state index in [1.807, 2.05) is 0 Å². The van der Waals surface area contributed by atoms with Crippen LogP contribution in [0.25, 0.3) is 0 Å². The van der Waals surface area contributed by atoms with Crippen molar-refractivity contribution < 1.29 is 27.5 Å². The summed E-state index contributed by atoms with van der Waals surface area (Å²) in [6.45, 7) is 3.83. The van der Waals surface area contributed by atoms with Crippen molar-refractivity contribution in [3.63, 3.8) is 0 Å². The Bertz CT molecular complexity index is 245. The Labute approximate surface area is 123 Å². The van der Waals surface area contributed by atoms with E-state index in [9.17, 15) is 0 Å². The van der Waals surface area contributed by atoms with E-state index < -0.39 is 8.80 Å². The van der Waals surface area contributed by atoms with Crippen molar-refractivity contribution in [1.82, 2.24) is 0 Å². The highest BCUT2D eigenvalue weighted by Gasteiger charge is 2.39. The van der Waals surface area contributed by atoms with Gasteiger partial charge in [-0.05, 0) is 19.3 Å². The van der Waals surface area contributed by atoms with Crippen molar-refractivity contribution in [1.29, 1.82) is 0 Å². The first-order valence-electron chi connectivity index (χ1n) is 7.16. The van der Waals surface area contributed by atoms with Crippen LogP contribution in [0.1, 0.15) is 26.2 Å². The molecule has 0 aromatic rings. The molecule has 0 spiro atoms. The third kappa shape index (κ3) is 5.77. The molecule has 0 aromatic carbocycles. The molecule has 1 saturated heterocycles. The molecule has 0 bridgehead atoms. The minimum atomic E-state index is -2.63. The molecule has 0 saturated carbocycles. The van der Waals surface area contributed by atoms with Crippen LogP contribution >= 0.6 is 0 Å². The second kappa shape index (κ2) is 9.83. The summed E-state index contributed by atoms with van der Waals surface area (Å²) in [5.41, 5.74) is 0. The van der Waals surface area contributed by atoms with E-state index in [1.54, 1.807) is 21.3 Å². The van der Waals surface area contributed by atoms with Gasteiger partial charge in [0.2, 0.25) is 0 Å². The summed E-state index contributed by atoms with van der Waals surface area (Å²) in [4.78, 5) is 0. The molecule has 0 amide bonds. The Hall–Kier alpha value is -0.0231. The highest BCUT2D eigenvalue weighted by atomic mass is 28.4. The van der Waals surface area contributed by atoms with Crippen molar-refractivity contribution >= 4 is 8.80 Å². The molecule has 2 atom stereocenters. The molecule has 2 unspecified atom stereocenters. The van der Waals surface area contributed by atoms with Crippen molar-refractivity contribution in [3.8, 4) is 0 Å². The highest BCUT2D eigenvalue weighted by Crippen LogP contribution is 2.21. The first-order valence-corrected chi connectivity index (χ1v) is 9.09. The summed E-state index contributed by atoms with van der Waals surface area (Å²) >= 11 is 0. The van der Waals surface area contributed by atoms with Crippen LogP contribution in [-0.4, -0.2) is 62.3 Å². The van der Waals surface area contributed by atoms with Gasteiger partial charge in [-0.1, -0.05) is 6.92 Å². The van der Waals surface area contributed by atoms with Crippen molar-refractivity contribution in [3.05, 3.63) is 0 Å². The Kier molecular flexibility index (Phi) is 8.86. The Balaban J connectivity index is 2.33. The van der Waals surface area contributed by atoms with Crippen LogP contribution in [0.3, 0.4) is 0 Å². The molecule has 1 aliphatic rings. The molecule has 120 valence electrons. The standard InChI is InChI=1S/C13H28O6Si/c1-5-12(18-10-13-6-8-17-13)7-9-20(15-3,16-4)19-11-14-2/h12-13H,5-11H2,1-4H3. The Morgan fingerprint density at radius 2 is 1.95 bits per heavy atom. The fourth-order valence-corrected chi connectivity index (χ4v) is 3.96. The largest absolute Gasteiger partial charge is 0.502 e. The molecule has 1 rings (SSSR count). The quantitative estimate of drug-likeness (QED) is 0.405. The summed E-state index contributed by atoms with van der Waals surface area (Å²) in [6, 6.07) is 0.716. The lowest BCUT2D eigenvalue weighted by Crippen LogP contribution is -2.45. The normalized spacial score (nSPS) is 20.7. The average molecular weight is 308 g/mol. The maximum absolute atomic E-state index is 5.88. The van der Waals surface area contributed by atoms with Crippen LogP contribution in [0, 0.1) is 0 Å². The molecule has 0 aromatic heterocycles. The van der Waals surface area contributed by atoms with Crippen LogP contribution in [0.4, 0.5) is 0 Å². The highest BCUT2D eigenvalue weighted by molar-refractivity contribution is 6.60. The number of rotatable bonds is 12. The summed E-state index contributed by atoms with van der Waals surface area (Å²) in [7, 11) is 2.20. The lowest BCUT2D eigenvalue weighted by atomic mass is 10.2. The number of ether oxygens (including phenoxy) is 3. The zero-order valence-electron chi connectivity index (χ0n) is 13.1. The smallest absolute Gasteiger partial charge is 0.377 e. The molecular formula is C13H28O6Si. The fraction of sp³-hybridized carbons (Fsp3) is 1.00. The fourth-order valence-electron chi connectivity index (χ4n) is 2.03. The van der Waals surface area contributed by atoms with Crippen LogP contribution in [-0.2, 0) is 27.5 Å². The molecule has 20 heavy (non-hydrogen) atoms. The SMILES string of the molecule is CCC(CC[Si](OC)(OC)OCOC)OCC1CCO1. The first-order chi connectivity index (χ1) is 9.69. The Morgan fingerprint density at radius 3 is 2.40 bits per heavy atom. The molecular weight excluding hydrogens is 280 g/mol.